The van der Waals surface area contributed by atoms with Gasteiger partial charge in [-0.3, -0.25) is 0 Å². The second kappa shape index (κ2) is 4.66. The molecule has 5 heavy (non-hydrogen) atoms. The zero-order chi connectivity index (χ0) is 4.12. The molecule has 0 fully saturated rings. The van der Waals surface area contributed by atoms with Gasteiger partial charge in [0.05, 0.1) is 0 Å². The Morgan fingerprint density at radius 1 is 2.00 bits per heavy atom. The first kappa shape index (κ1) is 5.66. The first-order valence-corrected chi connectivity index (χ1v) is 2.73. The molecule has 0 saturated carbocycles. The molecule has 0 rings (SSSR count). The number of hydrogen-bond acceptors (Lipinski definition) is 1. The fourth-order valence-corrected chi connectivity index (χ4v) is 0.299. The summed E-state index contributed by atoms with van der Waals surface area (Å²) >= 11 is 2.09. The standard InChI is InChI=1S/CH3B2IO/c2-3-5-1-4/h2H,1H2. The van der Waals surface area contributed by atoms with Crippen LogP contribution < -0.4 is 0 Å². The van der Waals surface area contributed by atoms with Crippen molar-refractivity contribution in [2.75, 3.05) is 4.61 Å². The minimum absolute atomic E-state index is 0.696. The molecule has 4 heteroatoms. The second-order valence-corrected chi connectivity index (χ2v) is 1.07. The van der Waals surface area contributed by atoms with Crippen LogP contribution in [0.4, 0.5) is 0 Å². The Kier molecular flexibility index (Phi) is 5.27. The van der Waals surface area contributed by atoms with Crippen LogP contribution in [0, 0.1) is 0 Å². The van der Waals surface area contributed by atoms with Crippen molar-refractivity contribution >= 4 is 37.0 Å². The molecule has 0 aromatic heterocycles. The molecule has 0 heterocycles. The van der Waals surface area contributed by atoms with Crippen molar-refractivity contribution in [1.82, 2.24) is 0 Å². The number of rotatable bonds is 2. The zero-order valence-corrected chi connectivity index (χ0v) is 4.94. The summed E-state index contributed by atoms with van der Waals surface area (Å²) in [6.45, 7) is 0. The second-order valence-electron chi connectivity index (χ2n) is 0.442. The molecule has 1 nitrogen and oxygen atoms in total. The molecule has 0 bridgehead atoms. The predicted octanol–water partition coefficient (Wildman–Crippen LogP) is -0.170. The molecule has 0 radical (unpaired) electrons. The normalized spacial score (nSPS) is 5.60. The zero-order valence-electron chi connectivity index (χ0n) is 2.78. The van der Waals surface area contributed by atoms with Crippen molar-refractivity contribution in [3.8, 4) is 0 Å². The third kappa shape index (κ3) is 4.66. The Morgan fingerprint density at radius 2 is 2.60 bits per heavy atom. The topological polar surface area (TPSA) is 9.23 Å². The fraction of sp³-hybridized carbons (Fsp3) is 1.00. The maximum absolute atomic E-state index is 4.58. The van der Waals surface area contributed by atoms with Gasteiger partial charge in [0, 0.05) is 0 Å². The van der Waals surface area contributed by atoms with Crippen LogP contribution in [0.25, 0.3) is 0 Å². The van der Waals surface area contributed by atoms with E-state index < -0.39 is 0 Å². The third-order valence-electron chi connectivity index (χ3n) is 0.181. The van der Waals surface area contributed by atoms with Crippen LogP contribution in [-0.4, -0.2) is 19.0 Å². The molecule has 0 aromatic carbocycles. The monoisotopic (exact) mass is 180 g/mol. The Bertz CT molecular complexity index is 30.8. The van der Waals surface area contributed by atoms with Gasteiger partial charge in [-0.1, -0.05) is 0 Å². The van der Waals surface area contributed by atoms with Crippen molar-refractivity contribution in [3.05, 3.63) is 0 Å². The van der Waals surface area contributed by atoms with E-state index in [9.17, 15) is 0 Å². The molecule has 0 amide bonds. The van der Waals surface area contributed by atoms with Crippen molar-refractivity contribution in [3.63, 3.8) is 0 Å². The van der Waals surface area contributed by atoms with Crippen molar-refractivity contribution in [2.24, 2.45) is 0 Å². The van der Waals surface area contributed by atoms with Crippen LogP contribution in [0.5, 0.6) is 0 Å². The van der Waals surface area contributed by atoms with Crippen LogP contribution in [0.15, 0.2) is 0 Å². The van der Waals surface area contributed by atoms with Gasteiger partial charge in [-0.05, 0) is 0 Å². The molecular weight excluding hydrogens is 177 g/mol. The van der Waals surface area contributed by atoms with Crippen molar-refractivity contribution < 1.29 is 4.65 Å². The summed E-state index contributed by atoms with van der Waals surface area (Å²) in [6.07, 6.45) is 0. The van der Waals surface area contributed by atoms with E-state index in [0.717, 1.165) is 0 Å². The van der Waals surface area contributed by atoms with Gasteiger partial charge in [0.25, 0.3) is 0 Å². The molecule has 0 aliphatic rings. The van der Waals surface area contributed by atoms with Gasteiger partial charge in [-0.15, -0.1) is 0 Å². The summed E-state index contributed by atoms with van der Waals surface area (Å²) in [5, 5.41) is 0. The molecular formula is CH3B2IO. The minimum atomic E-state index is 0.696. The van der Waals surface area contributed by atoms with Gasteiger partial charge < -0.3 is 0 Å². The average Bonchev–Trinajstić information content (AvgIpc) is 1.41. The summed E-state index contributed by atoms with van der Waals surface area (Å²) in [7, 11) is 4.75. The van der Waals surface area contributed by atoms with Gasteiger partial charge in [-0.25, -0.2) is 0 Å². The Balaban J connectivity index is 2.40. The molecule has 0 spiro atoms. The van der Waals surface area contributed by atoms with Gasteiger partial charge in [0.2, 0.25) is 0 Å². The van der Waals surface area contributed by atoms with Gasteiger partial charge >= 0.3 is 46.2 Å². The Hall–Kier alpha value is 0.660. The van der Waals surface area contributed by atoms with Crippen molar-refractivity contribution in [2.45, 2.75) is 0 Å². The van der Waals surface area contributed by atoms with Crippen LogP contribution in [0.2, 0.25) is 0 Å². The molecule has 0 aliphatic heterocycles. The summed E-state index contributed by atoms with van der Waals surface area (Å²) in [6, 6.07) is 0. The number of halogens is 1. The summed E-state index contributed by atoms with van der Waals surface area (Å²) in [5.74, 6) is 0. The summed E-state index contributed by atoms with van der Waals surface area (Å²) in [4.78, 5) is 0. The van der Waals surface area contributed by atoms with E-state index in [0.29, 0.717) is 4.61 Å². The van der Waals surface area contributed by atoms with E-state index in [1.807, 2.05) is 0 Å². The van der Waals surface area contributed by atoms with Gasteiger partial charge in [-0.2, -0.15) is 0 Å². The van der Waals surface area contributed by atoms with E-state index in [1.54, 1.807) is 0 Å². The summed E-state index contributed by atoms with van der Waals surface area (Å²) in [5.41, 5.74) is 0. The molecule has 26 valence electrons. The number of alkyl halides is 1. The van der Waals surface area contributed by atoms with Gasteiger partial charge in [0.15, 0.2) is 0 Å². The van der Waals surface area contributed by atoms with Crippen LogP contribution >= 0.6 is 22.6 Å². The maximum atomic E-state index is 4.58. The van der Waals surface area contributed by atoms with E-state index >= 15 is 0 Å². The first-order chi connectivity index (χ1) is 2.41. The van der Waals surface area contributed by atoms with Gasteiger partial charge in [0.1, 0.15) is 0 Å². The molecule has 0 unspecified atom stereocenters. The molecule has 0 saturated heterocycles. The van der Waals surface area contributed by atoms with E-state index in [-0.39, 0.29) is 0 Å². The van der Waals surface area contributed by atoms with E-state index in [1.165, 1.54) is 7.00 Å². The third-order valence-corrected chi connectivity index (χ3v) is 0.540. The summed E-state index contributed by atoms with van der Waals surface area (Å²) < 4.78 is 5.28. The average molecular weight is 180 g/mol. The van der Waals surface area contributed by atoms with Crippen LogP contribution in [-0.2, 0) is 4.65 Å². The molecule has 0 aromatic rings. The molecule has 0 atom stereocenters. The quantitative estimate of drug-likeness (QED) is 0.325. The first-order valence-electron chi connectivity index (χ1n) is 1.20. The predicted molar refractivity (Wildman–Crippen MR) is 32.9 cm³/mol. The SMILES string of the molecule is B=BOCI. The Morgan fingerprint density at radius 3 is 2.60 bits per heavy atom. The molecule has 0 N–H and O–H groups in total. The fourth-order valence-electron chi connectivity index (χ4n) is 0.0445. The molecule has 0 aliphatic carbocycles. The van der Waals surface area contributed by atoms with Crippen molar-refractivity contribution in [1.29, 1.82) is 0 Å². The number of hydrogen-bond donors (Lipinski definition) is 0. The van der Waals surface area contributed by atoms with E-state index in [2.05, 4.69) is 34.6 Å². The van der Waals surface area contributed by atoms with E-state index in [4.69, 9.17) is 0 Å². The van der Waals surface area contributed by atoms with Crippen LogP contribution in [0.1, 0.15) is 0 Å². The van der Waals surface area contributed by atoms with Crippen LogP contribution in [0.3, 0.4) is 0 Å². The Labute approximate surface area is 46.5 Å².